The quantitative estimate of drug-likeness (QED) is 0.836. The lowest BCUT2D eigenvalue weighted by atomic mass is 10.1. The zero-order valence-electron chi connectivity index (χ0n) is 10.1. The molecule has 102 valence electrons. The van der Waals surface area contributed by atoms with E-state index in [0.717, 1.165) is 0 Å². The van der Waals surface area contributed by atoms with Crippen molar-refractivity contribution in [2.24, 2.45) is 0 Å². The second kappa shape index (κ2) is 6.78. The van der Waals surface area contributed by atoms with E-state index in [9.17, 15) is 18.0 Å². The molecule has 1 amide bonds. The predicted molar refractivity (Wildman–Crippen MR) is 63.4 cm³/mol. The lowest BCUT2D eigenvalue weighted by Gasteiger charge is -2.07. The number of alkyl halides is 3. The van der Waals surface area contributed by atoms with E-state index < -0.39 is 12.6 Å². The summed E-state index contributed by atoms with van der Waals surface area (Å²) in [4.78, 5) is 11.6. The van der Waals surface area contributed by atoms with Crippen LogP contribution in [0.15, 0.2) is 24.3 Å². The molecule has 0 unspecified atom stereocenters. The summed E-state index contributed by atoms with van der Waals surface area (Å²) in [5, 5.41) is 11.1. The zero-order chi connectivity index (χ0) is 14.3. The highest BCUT2D eigenvalue weighted by molar-refractivity contribution is 5.94. The van der Waals surface area contributed by atoms with Crippen molar-refractivity contribution in [1.29, 1.82) is 5.26 Å². The maximum atomic E-state index is 11.9. The Morgan fingerprint density at radius 2 is 1.84 bits per heavy atom. The van der Waals surface area contributed by atoms with Gasteiger partial charge in [-0.2, -0.15) is 18.4 Å². The molecule has 0 aliphatic rings. The van der Waals surface area contributed by atoms with Gasteiger partial charge in [0.15, 0.2) is 0 Å². The maximum Gasteiger partial charge on any atom is 0.389 e. The molecule has 0 fully saturated rings. The van der Waals surface area contributed by atoms with Crippen molar-refractivity contribution in [3.63, 3.8) is 0 Å². The lowest BCUT2D eigenvalue weighted by Crippen LogP contribution is -2.24. The SMILES string of the molecule is N#Cc1ccc(C(=O)NCCCCC(F)(F)F)cc1. The molecule has 0 bridgehead atoms. The molecule has 3 nitrogen and oxygen atoms in total. The predicted octanol–water partition coefficient (Wildman–Crippen LogP) is 3.02. The number of hydrogen-bond acceptors (Lipinski definition) is 2. The molecule has 0 aliphatic heterocycles. The first-order chi connectivity index (χ1) is 8.92. The van der Waals surface area contributed by atoms with Gasteiger partial charge in [0.2, 0.25) is 0 Å². The third-order valence-electron chi connectivity index (χ3n) is 2.45. The highest BCUT2D eigenvalue weighted by Gasteiger charge is 2.25. The van der Waals surface area contributed by atoms with Gasteiger partial charge in [-0.15, -0.1) is 0 Å². The molecule has 6 heteroatoms. The lowest BCUT2D eigenvalue weighted by molar-refractivity contribution is -0.135. The van der Waals surface area contributed by atoms with E-state index in [0.29, 0.717) is 11.1 Å². The molecule has 0 aromatic heterocycles. The molecule has 1 aromatic carbocycles. The Balaban J connectivity index is 2.29. The van der Waals surface area contributed by atoms with Gasteiger partial charge in [0.25, 0.3) is 5.91 Å². The van der Waals surface area contributed by atoms with Gasteiger partial charge >= 0.3 is 6.18 Å². The summed E-state index contributed by atoms with van der Waals surface area (Å²) in [5.74, 6) is -0.350. The molecule has 19 heavy (non-hydrogen) atoms. The molecule has 0 radical (unpaired) electrons. The van der Waals surface area contributed by atoms with E-state index in [1.807, 2.05) is 6.07 Å². The van der Waals surface area contributed by atoms with Crippen LogP contribution in [0.2, 0.25) is 0 Å². The van der Waals surface area contributed by atoms with Gasteiger partial charge in [-0.25, -0.2) is 0 Å². The summed E-state index contributed by atoms with van der Waals surface area (Å²) < 4.78 is 35.6. The van der Waals surface area contributed by atoms with Crippen molar-refractivity contribution in [3.8, 4) is 6.07 Å². The van der Waals surface area contributed by atoms with Crippen molar-refractivity contribution in [3.05, 3.63) is 35.4 Å². The van der Waals surface area contributed by atoms with Gasteiger partial charge < -0.3 is 5.32 Å². The van der Waals surface area contributed by atoms with Crippen LogP contribution in [0.25, 0.3) is 0 Å². The summed E-state index contributed by atoms with van der Waals surface area (Å²) in [5.41, 5.74) is 0.830. The minimum atomic E-state index is -4.14. The van der Waals surface area contributed by atoms with Crippen molar-refractivity contribution < 1.29 is 18.0 Å². The molecule has 0 spiro atoms. The van der Waals surface area contributed by atoms with Crippen LogP contribution in [0, 0.1) is 11.3 Å². The molecule has 1 rings (SSSR count). The summed E-state index contributed by atoms with van der Waals surface area (Å²) in [6, 6.07) is 7.96. The summed E-state index contributed by atoms with van der Waals surface area (Å²) >= 11 is 0. The van der Waals surface area contributed by atoms with E-state index in [1.165, 1.54) is 24.3 Å². The van der Waals surface area contributed by atoms with E-state index in [2.05, 4.69) is 5.32 Å². The summed E-state index contributed by atoms with van der Waals surface area (Å²) in [6.45, 7) is 0.203. The van der Waals surface area contributed by atoms with Gasteiger partial charge in [-0.1, -0.05) is 0 Å². The van der Waals surface area contributed by atoms with Crippen LogP contribution < -0.4 is 5.32 Å². The number of carbonyl (C=O) groups is 1. The standard InChI is InChI=1S/C13H13F3N2O/c14-13(15,16)7-1-2-8-18-12(19)11-5-3-10(9-17)4-6-11/h3-6H,1-2,7-8H2,(H,18,19). The Bertz CT molecular complexity index is 460. The van der Waals surface area contributed by atoms with Gasteiger partial charge in [-0.05, 0) is 37.1 Å². The number of amides is 1. The number of halogens is 3. The number of carbonyl (C=O) groups excluding carboxylic acids is 1. The van der Waals surface area contributed by atoms with E-state index in [-0.39, 0.29) is 25.3 Å². The largest absolute Gasteiger partial charge is 0.389 e. The molecule has 0 aliphatic carbocycles. The minimum Gasteiger partial charge on any atom is -0.352 e. The molecule has 0 heterocycles. The monoisotopic (exact) mass is 270 g/mol. The van der Waals surface area contributed by atoms with Crippen molar-refractivity contribution in [2.45, 2.75) is 25.4 Å². The Morgan fingerprint density at radius 1 is 1.21 bits per heavy atom. The van der Waals surface area contributed by atoms with Gasteiger partial charge in [-0.3, -0.25) is 4.79 Å². The highest BCUT2D eigenvalue weighted by atomic mass is 19.4. The summed E-state index contributed by atoms with van der Waals surface area (Å²) in [6.07, 6.45) is -4.70. The first kappa shape index (κ1) is 15.0. The zero-order valence-corrected chi connectivity index (χ0v) is 10.1. The third-order valence-corrected chi connectivity index (χ3v) is 2.45. The molecule has 0 saturated heterocycles. The normalized spacial score (nSPS) is 10.8. The van der Waals surface area contributed by atoms with Crippen LogP contribution >= 0.6 is 0 Å². The molecular formula is C13H13F3N2O. The number of unbranched alkanes of at least 4 members (excludes halogenated alkanes) is 1. The number of nitrogens with one attached hydrogen (secondary N) is 1. The first-order valence-electron chi connectivity index (χ1n) is 5.77. The van der Waals surface area contributed by atoms with Gasteiger partial charge in [0.1, 0.15) is 0 Å². The van der Waals surface area contributed by atoms with Crippen LogP contribution in [0.5, 0.6) is 0 Å². The van der Waals surface area contributed by atoms with Gasteiger partial charge in [0.05, 0.1) is 11.6 Å². The molecule has 0 saturated carbocycles. The number of nitriles is 1. The molecule has 1 N–H and O–H groups in total. The molecule has 0 atom stereocenters. The second-order valence-electron chi connectivity index (χ2n) is 4.02. The topological polar surface area (TPSA) is 52.9 Å². The van der Waals surface area contributed by atoms with Crippen LogP contribution in [0.4, 0.5) is 13.2 Å². The van der Waals surface area contributed by atoms with Crippen molar-refractivity contribution >= 4 is 5.91 Å². The molecule has 1 aromatic rings. The number of nitrogens with zero attached hydrogens (tertiary/aromatic N) is 1. The van der Waals surface area contributed by atoms with Crippen LogP contribution in [-0.4, -0.2) is 18.6 Å². The fourth-order valence-electron chi connectivity index (χ4n) is 1.45. The number of benzene rings is 1. The number of rotatable bonds is 5. The maximum absolute atomic E-state index is 11.9. The fraction of sp³-hybridized carbons (Fsp3) is 0.385. The second-order valence-corrected chi connectivity index (χ2v) is 4.02. The Labute approximate surface area is 109 Å². The van der Waals surface area contributed by atoms with E-state index in [1.54, 1.807) is 0 Å². The smallest absolute Gasteiger partial charge is 0.352 e. The highest BCUT2D eigenvalue weighted by Crippen LogP contribution is 2.21. The third kappa shape index (κ3) is 5.91. The van der Waals surface area contributed by atoms with E-state index in [4.69, 9.17) is 5.26 Å². The summed E-state index contributed by atoms with van der Waals surface area (Å²) in [7, 11) is 0. The Morgan fingerprint density at radius 3 is 2.37 bits per heavy atom. The average Bonchev–Trinajstić information content (AvgIpc) is 2.37. The van der Waals surface area contributed by atoms with Gasteiger partial charge in [0, 0.05) is 18.5 Å². The fourth-order valence-corrected chi connectivity index (χ4v) is 1.45. The van der Waals surface area contributed by atoms with Crippen molar-refractivity contribution in [2.75, 3.05) is 6.54 Å². The Kier molecular flexibility index (Phi) is 5.37. The first-order valence-corrected chi connectivity index (χ1v) is 5.77. The van der Waals surface area contributed by atoms with Crippen molar-refractivity contribution in [1.82, 2.24) is 5.32 Å². The minimum absolute atomic E-state index is 0.00283. The Hall–Kier alpha value is -2.03. The number of hydrogen-bond donors (Lipinski definition) is 1. The van der Waals surface area contributed by atoms with Crippen LogP contribution in [0.1, 0.15) is 35.2 Å². The van der Waals surface area contributed by atoms with Crippen LogP contribution in [0.3, 0.4) is 0 Å². The average molecular weight is 270 g/mol. The van der Waals surface area contributed by atoms with E-state index >= 15 is 0 Å². The van der Waals surface area contributed by atoms with Crippen LogP contribution in [-0.2, 0) is 0 Å². The molecular weight excluding hydrogens is 257 g/mol.